The molecule has 0 spiro atoms. The van der Waals surface area contributed by atoms with Crippen LogP contribution in [0.4, 0.5) is 0 Å². The number of rotatable bonds is 11. The molecule has 1 atom stereocenters. The first-order valence-corrected chi connectivity index (χ1v) is 8.88. The number of Topliss-reactive ketones (excluding diaryl/α,β-unsaturated/α-hetero) is 1. The van der Waals surface area contributed by atoms with Crippen LogP contribution in [0.2, 0.25) is 0 Å². The van der Waals surface area contributed by atoms with E-state index < -0.39 is 17.9 Å². The number of nitrogens with one attached hydrogen (secondary N) is 4. The molecule has 0 aliphatic heterocycles. The molecular weight excluding hydrogens is 348 g/mol. The molecule has 27 heavy (non-hydrogen) atoms. The van der Waals surface area contributed by atoms with Gasteiger partial charge in [0.25, 0.3) is 0 Å². The summed E-state index contributed by atoms with van der Waals surface area (Å²) in [6, 6.07) is 8.53. The zero-order valence-corrected chi connectivity index (χ0v) is 16.0. The summed E-state index contributed by atoms with van der Waals surface area (Å²) in [5.41, 5.74) is 0.867. The molecule has 148 valence electrons. The highest BCUT2D eigenvalue weighted by atomic mass is 16.2. The minimum absolute atomic E-state index is 0.0996. The maximum atomic E-state index is 12.3. The van der Waals surface area contributed by atoms with E-state index in [0.717, 1.165) is 5.56 Å². The molecule has 3 amide bonds. The second kappa shape index (κ2) is 11.8. The van der Waals surface area contributed by atoms with Crippen molar-refractivity contribution in [2.45, 2.75) is 39.3 Å². The minimum atomic E-state index is -0.843. The lowest BCUT2D eigenvalue weighted by Crippen LogP contribution is -2.51. The summed E-state index contributed by atoms with van der Waals surface area (Å²) >= 11 is 0. The van der Waals surface area contributed by atoms with E-state index in [1.165, 1.54) is 6.92 Å². The van der Waals surface area contributed by atoms with E-state index in [0.29, 0.717) is 0 Å². The third kappa shape index (κ3) is 10.1. The van der Waals surface area contributed by atoms with E-state index in [1.54, 1.807) is 0 Å². The molecule has 0 aliphatic rings. The van der Waals surface area contributed by atoms with Gasteiger partial charge >= 0.3 is 0 Å². The highest BCUT2D eigenvalue weighted by Gasteiger charge is 2.21. The van der Waals surface area contributed by atoms with Crippen molar-refractivity contribution in [1.82, 2.24) is 21.3 Å². The fraction of sp³-hybridized carbons (Fsp3) is 0.474. The molecule has 1 aromatic carbocycles. The predicted molar refractivity (Wildman–Crippen MR) is 102 cm³/mol. The Hall–Kier alpha value is -2.74. The molecule has 0 aromatic heterocycles. The number of ketones is 1. The minimum Gasteiger partial charge on any atom is -0.347 e. The van der Waals surface area contributed by atoms with Gasteiger partial charge in [0.2, 0.25) is 17.7 Å². The summed E-state index contributed by atoms with van der Waals surface area (Å²) in [7, 11) is 0. The number of carbonyl (C=O) groups excluding carboxylic acids is 4. The summed E-state index contributed by atoms with van der Waals surface area (Å²) in [6.07, 6.45) is 0.277. The summed E-state index contributed by atoms with van der Waals surface area (Å²) in [5.74, 6) is -1.42. The van der Waals surface area contributed by atoms with Crippen LogP contribution in [-0.2, 0) is 25.6 Å². The molecule has 1 aromatic rings. The molecule has 0 saturated carbocycles. The Kier molecular flexibility index (Phi) is 9.74. The smallest absolute Gasteiger partial charge is 0.243 e. The van der Waals surface area contributed by atoms with Gasteiger partial charge in [-0.25, -0.2) is 0 Å². The van der Waals surface area contributed by atoms with Crippen LogP contribution < -0.4 is 21.3 Å². The number of carbonyl (C=O) groups is 4. The molecule has 0 heterocycles. The van der Waals surface area contributed by atoms with Gasteiger partial charge < -0.3 is 21.3 Å². The standard InChI is InChI=1S/C19H28N4O4/c1-13(2)20-11-17(25)21-12-18(26)23-16(19(27)22-10-14(3)24)9-15-7-5-4-6-8-15/h4-8,13,16,20H,9-12H2,1-3H3,(H,21,25)(H,22,27)(H,23,26)/t16-/m0/s1. The van der Waals surface area contributed by atoms with Crippen molar-refractivity contribution >= 4 is 23.5 Å². The fourth-order valence-electron chi connectivity index (χ4n) is 2.18. The monoisotopic (exact) mass is 376 g/mol. The van der Waals surface area contributed by atoms with Crippen LogP contribution >= 0.6 is 0 Å². The van der Waals surface area contributed by atoms with Gasteiger partial charge in [-0.1, -0.05) is 44.2 Å². The SMILES string of the molecule is CC(=O)CNC(=O)[C@H](Cc1ccccc1)NC(=O)CNC(=O)CNC(C)C. The second-order valence-electron chi connectivity index (χ2n) is 6.54. The lowest BCUT2D eigenvalue weighted by molar-refractivity contribution is -0.130. The van der Waals surface area contributed by atoms with Gasteiger partial charge in [-0.15, -0.1) is 0 Å². The van der Waals surface area contributed by atoms with Crippen LogP contribution in [-0.4, -0.2) is 55.2 Å². The maximum Gasteiger partial charge on any atom is 0.243 e. The van der Waals surface area contributed by atoms with Crippen LogP contribution in [0.3, 0.4) is 0 Å². The Bertz CT molecular complexity index is 646. The summed E-state index contributed by atoms with van der Waals surface area (Å²) in [5, 5.41) is 10.6. The Balaban J connectivity index is 2.61. The summed E-state index contributed by atoms with van der Waals surface area (Å²) in [4.78, 5) is 47.2. The topological polar surface area (TPSA) is 116 Å². The first-order valence-electron chi connectivity index (χ1n) is 8.88. The molecule has 0 saturated heterocycles. The fourth-order valence-corrected chi connectivity index (χ4v) is 2.18. The van der Waals surface area contributed by atoms with Crippen molar-refractivity contribution in [2.24, 2.45) is 0 Å². The van der Waals surface area contributed by atoms with Crippen molar-refractivity contribution in [3.05, 3.63) is 35.9 Å². The van der Waals surface area contributed by atoms with Crippen LogP contribution in [0.25, 0.3) is 0 Å². The molecule has 0 bridgehead atoms. The third-order valence-corrected chi connectivity index (χ3v) is 3.56. The third-order valence-electron chi connectivity index (χ3n) is 3.56. The molecule has 0 aliphatic carbocycles. The average Bonchev–Trinajstić information content (AvgIpc) is 2.63. The number of benzene rings is 1. The first kappa shape index (κ1) is 22.3. The van der Waals surface area contributed by atoms with Crippen LogP contribution in [0.15, 0.2) is 30.3 Å². The second-order valence-corrected chi connectivity index (χ2v) is 6.54. The highest BCUT2D eigenvalue weighted by Crippen LogP contribution is 2.03. The van der Waals surface area contributed by atoms with Crippen molar-refractivity contribution in [3.8, 4) is 0 Å². The van der Waals surface area contributed by atoms with E-state index in [9.17, 15) is 19.2 Å². The molecular formula is C19H28N4O4. The van der Waals surface area contributed by atoms with E-state index in [4.69, 9.17) is 0 Å². The maximum absolute atomic E-state index is 12.3. The molecule has 8 nitrogen and oxygen atoms in total. The molecule has 0 radical (unpaired) electrons. The van der Waals surface area contributed by atoms with Gasteiger partial charge in [-0.3, -0.25) is 19.2 Å². The Morgan fingerprint density at radius 3 is 2.15 bits per heavy atom. The molecule has 1 rings (SSSR count). The Morgan fingerprint density at radius 1 is 0.889 bits per heavy atom. The quantitative estimate of drug-likeness (QED) is 0.417. The lowest BCUT2D eigenvalue weighted by Gasteiger charge is -2.18. The Morgan fingerprint density at radius 2 is 1.56 bits per heavy atom. The predicted octanol–water partition coefficient (Wildman–Crippen LogP) is -0.467. The van der Waals surface area contributed by atoms with Gasteiger partial charge in [-0.2, -0.15) is 0 Å². The van der Waals surface area contributed by atoms with Crippen LogP contribution in [0.5, 0.6) is 0 Å². The van der Waals surface area contributed by atoms with E-state index >= 15 is 0 Å². The number of hydrogen-bond donors (Lipinski definition) is 4. The van der Waals surface area contributed by atoms with Gasteiger partial charge in [0.15, 0.2) is 0 Å². The highest BCUT2D eigenvalue weighted by molar-refractivity contribution is 5.92. The zero-order chi connectivity index (χ0) is 20.2. The van der Waals surface area contributed by atoms with E-state index in [-0.39, 0.29) is 43.8 Å². The van der Waals surface area contributed by atoms with Crippen molar-refractivity contribution in [1.29, 1.82) is 0 Å². The van der Waals surface area contributed by atoms with Crippen LogP contribution in [0, 0.1) is 0 Å². The van der Waals surface area contributed by atoms with Crippen molar-refractivity contribution < 1.29 is 19.2 Å². The van der Waals surface area contributed by atoms with E-state index in [2.05, 4.69) is 21.3 Å². The van der Waals surface area contributed by atoms with Gasteiger partial charge in [-0.05, 0) is 12.5 Å². The normalized spacial score (nSPS) is 11.6. The molecule has 0 fully saturated rings. The summed E-state index contributed by atoms with van der Waals surface area (Å²) < 4.78 is 0. The molecule has 0 unspecified atom stereocenters. The van der Waals surface area contributed by atoms with Gasteiger partial charge in [0.05, 0.1) is 19.6 Å². The van der Waals surface area contributed by atoms with Crippen LogP contribution in [0.1, 0.15) is 26.3 Å². The largest absolute Gasteiger partial charge is 0.347 e. The Labute approximate surface area is 159 Å². The van der Waals surface area contributed by atoms with Crippen molar-refractivity contribution in [2.75, 3.05) is 19.6 Å². The first-order chi connectivity index (χ1) is 12.8. The number of hydrogen-bond acceptors (Lipinski definition) is 5. The average molecular weight is 376 g/mol. The van der Waals surface area contributed by atoms with Crippen molar-refractivity contribution in [3.63, 3.8) is 0 Å². The molecule has 8 heteroatoms. The lowest BCUT2D eigenvalue weighted by atomic mass is 10.1. The molecule has 4 N–H and O–H groups in total. The van der Waals surface area contributed by atoms with Gasteiger partial charge in [0, 0.05) is 12.5 Å². The zero-order valence-electron chi connectivity index (χ0n) is 16.0. The number of amides is 3. The summed E-state index contributed by atoms with van der Waals surface area (Å²) in [6.45, 7) is 4.96. The van der Waals surface area contributed by atoms with Gasteiger partial charge in [0.1, 0.15) is 11.8 Å². The van der Waals surface area contributed by atoms with E-state index in [1.807, 2.05) is 44.2 Å².